The minimum atomic E-state index is -0.906. The van der Waals surface area contributed by atoms with Gasteiger partial charge in [-0.25, -0.2) is 4.99 Å². The highest BCUT2D eigenvalue weighted by Crippen LogP contribution is 2.23. The Morgan fingerprint density at radius 2 is 2.22 bits per heavy atom. The molecule has 1 rings (SSSR count). The molecule has 0 aliphatic heterocycles. The molecule has 4 nitrogen and oxygen atoms in total. The smallest absolute Gasteiger partial charge is 0.193 e. The molecule has 1 heterocycles. The van der Waals surface area contributed by atoms with Gasteiger partial charge in [-0.05, 0) is 36.2 Å². The van der Waals surface area contributed by atoms with E-state index in [-0.39, 0.29) is 24.0 Å². The van der Waals surface area contributed by atoms with E-state index in [9.17, 15) is 5.11 Å². The fraction of sp³-hybridized carbons (Fsp3) is 0.583. The number of halogens is 1. The molecule has 6 heteroatoms. The number of hydrogen-bond donors (Lipinski definition) is 2. The summed E-state index contributed by atoms with van der Waals surface area (Å²) >= 11 is 1.58. The lowest BCUT2D eigenvalue weighted by Crippen LogP contribution is -2.37. The van der Waals surface area contributed by atoms with Gasteiger partial charge in [0.25, 0.3) is 0 Å². The molecule has 1 unspecified atom stereocenters. The SMILES string of the molecule is CCNC(=NCC(C)(O)c1ccsc1)N(C)C.I. The van der Waals surface area contributed by atoms with E-state index < -0.39 is 5.60 Å². The summed E-state index contributed by atoms with van der Waals surface area (Å²) in [4.78, 5) is 6.34. The zero-order valence-electron chi connectivity index (χ0n) is 11.3. The van der Waals surface area contributed by atoms with E-state index in [2.05, 4.69) is 10.3 Å². The van der Waals surface area contributed by atoms with Crippen molar-refractivity contribution in [3.8, 4) is 0 Å². The maximum Gasteiger partial charge on any atom is 0.193 e. The van der Waals surface area contributed by atoms with Gasteiger partial charge < -0.3 is 15.3 Å². The molecule has 0 aromatic carbocycles. The van der Waals surface area contributed by atoms with Crippen molar-refractivity contribution in [2.24, 2.45) is 4.99 Å². The summed E-state index contributed by atoms with van der Waals surface area (Å²) in [7, 11) is 3.86. The van der Waals surface area contributed by atoms with Crippen LogP contribution in [0.25, 0.3) is 0 Å². The number of nitrogens with one attached hydrogen (secondary N) is 1. The highest BCUT2D eigenvalue weighted by atomic mass is 127. The molecule has 0 amide bonds. The van der Waals surface area contributed by atoms with E-state index in [1.807, 2.05) is 42.7 Å². The number of aliphatic imine (C=N–C) groups is 1. The van der Waals surface area contributed by atoms with Gasteiger partial charge in [0.2, 0.25) is 0 Å². The summed E-state index contributed by atoms with van der Waals surface area (Å²) in [5.41, 5.74) is 0.0114. The second-order valence-electron chi connectivity index (χ2n) is 4.35. The molecule has 18 heavy (non-hydrogen) atoms. The van der Waals surface area contributed by atoms with Crippen LogP contribution in [-0.4, -0.2) is 43.2 Å². The summed E-state index contributed by atoms with van der Waals surface area (Å²) in [6.07, 6.45) is 0. The van der Waals surface area contributed by atoms with Crippen LogP contribution in [0.3, 0.4) is 0 Å². The van der Waals surface area contributed by atoms with E-state index in [0.29, 0.717) is 6.54 Å². The van der Waals surface area contributed by atoms with Crippen molar-refractivity contribution >= 4 is 41.3 Å². The molecule has 0 bridgehead atoms. The first-order valence-corrected chi connectivity index (χ1v) is 6.62. The summed E-state index contributed by atoms with van der Waals surface area (Å²) < 4.78 is 0. The molecular formula is C12H22IN3OS. The summed E-state index contributed by atoms with van der Waals surface area (Å²) in [6.45, 7) is 4.98. The highest BCUT2D eigenvalue weighted by Gasteiger charge is 2.23. The van der Waals surface area contributed by atoms with E-state index >= 15 is 0 Å². The summed E-state index contributed by atoms with van der Waals surface area (Å²) in [5, 5.41) is 17.4. The van der Waals surface area contributed by atoms with Crippen molar-refractivity contribution in [3.05, 3.63) is 22.4 Å². The summed E-state index contributed by atoms with van der Waals surface area (Å²) in [6, 6.07) is 1.93. The normalized spacial score (nSPS) is 14.6. The minimum Gasteiger partial charge on any atom is -0.383 e. The van der Waals surface area contributed by atoms with Crippen molar-refractivity contribution in [1.82, 2.24) is 10.2 Å². The fourth-order valence-electron chi connectivity index (χ4n) is 1.40. The van der Waals surface area contributed by atoms with Crippen LogP contribution >= 0.6 is 35.3 Å². The van der Waals surface area contributed by atoms with Gasteiger partial charge in [-0.2, -0.15) is 11.3 Å². The monoisotopic (exact) mass is 383 g/mol. The standard InChI is InChI=1S/C12H21N3OS.HI/c1-5-13-11(15(3)4)14-9-12(2,16)10-6-7-17-8-10;/h6-8,16H,5,9H2,1-4H3,(H,13,14);1H. The van der Waals surface area contributed by atoms with Gasteiger partial charge >= 0.3 is 0 Å². The van der Waals surface area contributed by atoms with Crippen LogP contribution in [-0.2, 0) is 5.60 Å². The van der Waals surface area contributed by atoms with Crippen LogP contribution in [0.15, 0.2) is 21.8 Å². The maximum absolute atomic E-state index is 10.3. The molecule has 0 radical (unpaired) electrons. The largest absolute Gasteiger partial charge is 0.383 e. The van der Waals surface area contributed by atoms with Crippen molar-refractivity contribution in [1.29, 1.82) is 0 Å². The molecule has 2 N–H and O–H groups in total. The Morgan fingerprint density at radius 3 is 2.67 bits per heavy atom. The summed E-state index contributed by atoms with van der Waals surface area (Å²) in [5.74, 6) is 0.794. The van der Waals surface area contributed by atoms with E-state index in [1.54, 1.807) is 18.3 Å². The Balaban J connectivity index is 0.00000289. The molecular weight excluding hydrogens is 361 g/mol. The van der Waals surface area contributed by atoms with E-state index in [0.717, 1.165) is 18.1 Å². The Morgan fingerprint density at radius 1 is 1.56 bits per heavy atom. The number of thiophene rings is 1. The van der Waals surface area contributed by atoms with Gasteiger partial charge in [-0.3, -0.25) is 0 Å². The molecule has 0 spiro atoms. The van der Waals surface area contributed by atoms with Gasteiger partial charge in [-0.1, -0.05) is 0 Å². The van der Waals surface area contributed by atoms with Crippen LogP contribution in [0, 0.1) is 0 Å². The lowest BCUT2D eigenvalue weighted by molar-refractivity contribution is 0.0675. The first-order valence-electron chi connectivity index (χ1n) is 5.68. The van der Waals surface area contributed by atoms with Gasteiger partial charge in [0, 0.05) is 20.6 Å². The van der Waals surface area contributed by atoms with Crippen LogP contribution in [0.4, 0.5) is 0 Å². The minimum absolute atomic E-state index is 0. The third-order valence-corrected chi connectivity index (χ3v) is 3.12. The van der Waals surface area contributed by atoms with Gasteiger partial charge in [-0.15, -0.1) is 24.0 Å². The Labute approximate surface area is 130 Å². The molecule has 0 aliphatic carbocycles. The lowest BCUT2D eigenvalue weighted by atomic mass is 10.00. The molecule has 1 aromatic heterocycles. The molecule has 1 atom stereocenters. The molecule has 1 aromatic rings. The second-order valence-corrected chi connectivity index (χ2v) is 5.13. The first kappa shape index (κ1) is 17.7. The second kappa shape index (κ2) is 7.96. The number of hydrogen-bond acceptors (Lipinski definition) is 3. The van der Waals surface area contributed by atoms with Crippen LogP contribution in [0.5, 0.6) is 0 Å². The number of rotatable bonds is 4. The Hall–Kier alpha value is -0.340. The molecule has 104 valence electrons. The van der Waals surface area contributed by atoms with Crippen LogP contribution in [0.2, 0.25) is 0 Å². The predicted molar refractivity (Wildman–Crippen MR) is 89.0 cm³/mol. The third-order valence-electron chi connectivity index (χ3n) is 2.44. The first-order chi connectivity index (χ1) is 7.97. The lowest BCUT2D eigenvalue weighted by Gasteiger charge is -2.22. The van der Waals surface area contributed by atoms with Crippen LogP contribution < -0.4 is 5.32 Å². The van der Waals surface area contributed by atoms with Gasteiger partial charge in [0.05, 0.1) is 6.54 Å². The van der Waals surface area contributed by atoms with Crippen molar-refractivity contribution in [3.63, 3.8) is 0 Å². The maximum atomic E-state index is 10.3. The Kier molecular flexibility index (Phi) is 7.81. The number of nitrogens with zero attached hydrogens (tertiary/aromatic N) is 2. The molecule has 0 fully saturated rings. The number of guanidine groups is 1. The zero-order chi connectivity index (χ0) is 12.9. The average Bonchev–Trinajstić information content (AvgIpc) is 2.77. The van der Waals surface area contributed by atoms with Gasteiger partial charge in [0.1, 0.15) is 5.60 Å². The molecule has 0 aliphatic rings. The van der Waals surface area contributed by atoms with Crippen molar-refractivity contribution in [2.45, 2.75) is 19.4 Å². The van der Waals surface area contributed by atoms with Crippen LogP contribution in [0.1, 0.15) is 19.4 Å². The fourth-order valence-corrected chi connectivity index (χ4v) is 2.19. The van der Waals surface area contributed by atoms with Crippen molar-refractivity contribution < 1.29 is 5.11 Å². The molecule has 0 saturated heterocycles. The van der Waals surface area contributed by atoms with E-state index in [1.165, 1.54) is 0 Å². The number of aliphatic hydroxyl groups is 1. The van der Waals surface area contributed by atoms with Gasteiger partial charge in [0.15, 0.2) is 5.96 Å². The third kappa shape index (κ3) is 5.11. The predicted octanol–water partition coefficient (Wildman–Crippen LogP) is 2.10. The zero-order valence-corrected chi connectivity index (χ0v) is 14.5. The Bertz CT molecular complexity index is 363. The van der Waals surface area contributed by atoms with E-state index in [4.69, 9.17) is 0 Å². The average molecular weight is 383 g/mol. The van der Waals surface area contributed by atoms with Crippen molar-refractivity contribution in [2.75, 3.05) is 27.2 Å². The quantitative estimate of drug-likeness (QED) is 0.476. The highest BCUT2D eigenvalue weighted by molar-refractivity contribution is 14.0. The topological polar surface area (TPSA) is 47.9 Å². The molecule has 0 saturated carbocycles.